The summed E-state index contributed by atoms with van der Waals surface area (Å²) in [6.45, 7) is 4.28. The fourth-order valence-electron chi connectivity index (χ4n) is 4.71. The topological polar surface area (TPSA) is 103 Å². The largest absolute Gasteiger partial charge is 0.504 e. The lowest BCUT2D eigenvalue weighted by Gasteiger charge is -2.27. The summed E-state index contributed by atoms with van der Waals surface area (Å²) in [5.74, 6) is -0.105. The van der Waals surface area contributed by atoms with E-state index in [1.54, 1.807) is 18.3 Å². The molecule has 7 nitrogen and oxygen atoms in total. The van der Waals surface area contributed by atoms with Gasteiger partial charge in [-0.05, 0) is 74.9 Å². The van der Waals surface area contributed by atoms with Crippen LogP contribution in [0.5, 0.6) is 5.75 Å². The van der Waals surface area contributed by atoms with Gasteiger partial charge in [0.2, 0.25) is 9.84 Å². The lowest BCUT2D eigenvalue weighted by Crippen LogP contribution is -2.25. The molecule has 0 amide bonds. The van der Waals surface area contributed by atoms with Gasteiger partial charge in [0.15, 0.2) is 10.6 Å². The number of aromatic nitrogens is 2. The molecule has 2 aromatic heterocycles. The number of anilines is 2. The summed E-state index contributed by atoms with van der Waals surface area (Å²) in [5, 5.41) is 11.5. The molecule has 2 N–H and O–H groups in total. The Morgan fingerprint density at radius 1 is 1.03 bits per heavy atom. The summed E-state index contributed by atoms with van der Waals surface area (Å²) in [4.78, 5) is 21.4. The van der Waals surface area contributed by atoms with Crippen molar-refractivity contribution in [1.29, 1.82) is 0 Å². The number of nitrogens with zero attached hydrogens (tertiary/aromatic N) is 2. The number of nitrogens with one attached hydrogen (secondary N) is 1. The molecule has 5 rings (SSSR count). The minimum atomic E-state index is -4.32. The Kier molecular flexibility index (Phi) is 6.60. The Balaban J connectivity index is 1.63. The van der Waals surface area contributed by atoms with Crippen LogP contribution in [0.25, 0.3) is 11.1 Å². The molecule has 0 bridgehead atoms. The maximum atomic E-state index is 13.7. The predicted molar refractivity (Wildman–Crippen MR) is 144 cm³/mol. The molecule has 8 heteroatoms. The Bertz CT molecular complexity index is 1590. The second-order valence-electron chi connectivity index (χ2n) is 9.35. The average Bonchev–Trinajstić information content (AvgIpc) is 3.71. The molecule has 2 aromatic carbocycles. The van der Waals surface area contributed by atoms with Gasteiger partial charge >= 0.3 is 0 Å². The second kappa shape index (κ2) is 9.86. The van der Waals surface area contributed by atoms with Gasteiger partial charge in [0.1, 0.15) is 5.69 Å². The molecule has 190 valence electrons. The fourth-order valence-corrected chi connectivity index (χ4v) is 6.08. The Morgan fingerprint density at radius 2 is 1.73 bits per heavy atom. The number of rotatable bonds is 8. The lowest BCUT2D eigenvalue weighted by molar-refractivity contribution is 0.454. The molecule has 1 fully saturated rings. The molecule has 2 heterocycles. The Morgan fingerprint density at radius 3 is 2.35 bits per heavy atom. The molecule has 0 unspecified atom stereocenters. The standard InChI is InChI=1S/C29H29N3O4S/c1-3-32(22-8-5-4-6-9-22)26-25(18-20-11-12-20)31-29(34)28(27(26)33)37(35,36)23-15-13-21(14-16-23)24-10-7-17-30-19(24)2/h4-10,13-17,20H,3,11-12,18H2,1-2H3,(H2,31,33,34). The zero-order valence-electron chi connectivity index (χ0n) is 20.8. The Hall–Kier alpha value is -3.91. The van der Waals surface area contributed by atoms with Crippen molar-refractivity contribution in [3.63, 3.8) is 0 Å². The van der Waals surface area contributed by atoms with Gasteiger partial charge < -0.3 is 15.0 Å². The lowest BCUT2D eigenvalue weighted by atomic mass is 10.1. The molecule has 0 spiro atoms. The highest BCUT2D eigenvalue weighted by Crippen LogP contribution is 2.43. The SMILES string of the molecule is CCN(c1ccccc1)c1c(CC2CC2)[nH]c(=O)c(S(=O)(=O)c2ccc(-c3cccnc3C)cc2)c1O. The van der Waals surface area contributed by atoms with E-state index in [0.29, 0.717) is 30.3 Å². The molecule has 0 saturated heterocycles. The number of hydrogen-bond donors (Lipinski definition) is 2. The third-order valence-corrected chi connectivity index (χ3v) is 8.60. The first-order valence-electron chi connectivity index (χ1n) is 12.4. The van der Waals surface area contributed by atoms with Crippen LogP contribution in [0.2, 0.25) is 0 Å². The van der Waals surface area contributed by atoms with E-state index < -0.39 is 26.0 Å². The molecule has 0 aliphatic heterocycles. The van der Waals surface area contributed by atoms with Crippen molar-refractivity contribution in [3.8, 4) is 16.9 Å². The van der Waals surface area contributed by atoms with E-state index in [0.717, 1.165) is 35.3 Å². The third-order valence-electron chi connectivity index (χ3n) is 6.79. The van der Waals surface area contributed by atoms with Gasteiger partial charge in [-0.25, -0.2) is 8.42 Å². The van der Waals surface area contributed by atoms with Crippen LogP contribution >= 0.6 is 0 Å². The van der Waals surface area contributed by atoms with Crippen LogP contribution < -0.4 is 10.5 Å². The molecule has 4 aromatic rings. The van der Waals surface area contributed by atoms with Crippen LogP contribution in [0.3, 0.4) is 0 Å². The molecule has 0 atom stereocenters. The first-order chi connectivity index (χ1) is 17.8. The molecular weight excluding hydrogens is 486 g/mol. The highest BCUT2D eigenvalue weighted by Gasteiger charge is 2.33. The molecule has 1 aliphatic rings. The number of aromatic amines is 1. The summed E-state index contributed by atoms with van der Waals surface area (Å²) < 4.78 is 27.4. The van der Waals surface area contributed by atoms with E-state index in [1.165, 1.54) is 12.1 Å². The quantitative estimate of drug-likeness (QED) is 0.326. The number of aromatic hydroxyl groups is 1. The minimum absolute atomic E-state index is 0.0674. The van der Waals surface area contributed by atoms with Crippen LogP contribution in [0.15, 0.2) is 87.5 Å². The summed E-state index contributed by atoms with van der Waals surface area (Å²) >= 11 is 0. The van der Waals surface area contributed by atoms with E-state index in [-0.39, 0.29) is 4.90 Å². The van der Waals surface area contributed by atoms with Gasteiger partial charge in [-0.2, -0.15) is 0 Å². The average molecular weight is 516 g/mol. The van der Waals surface area contributed by atoms with Crippen LogP contribution in [-0.2, 0) is 16.3 Å². The van der Waals surface area contributed by atoms with Gasteiger partial charge in [-0.1, -0.05) is 36.4 Å². The van der Waals surface area contributed by atoms with E-state index in [1.807, 2.05) is 61.2 Å². The predicted octanol–water partition coefficient (Wildman–Crippen LogP) is 5.39. The van der Waals surface area contributed by atoms with Gasteiger partial charge in [0.25, 0.3) is 5.56 Å². The van der Waals surface area contributed by atoms with E-state index in [2.05, 4.69) is 9.97 Å². The number of sulfone groups is 1. The van der Waals surface area contributed by atoms with Gasteiger partial charge in [-0.3, -0.25) is 9.78 Å². The van der Waals surface area contributed by atoms with Gasteiger partial charge in [0, 0.05) is 35.4 Å². The van der Waals surface area contributed by atoms with Crippen molar-refractivity contribution in [1.82, 2.24) is 9.97 Å². The maximum Gasteiger partial charge on any atom is 0.271 e. The first-order valence-corrected chi connectivity index (χ1v) is 13.9. The summed E-state index contributed by atoms with van der Waals surface area (Å²) in [5.41, 5.74) is 3.39. The van der Waals surface area contributed by atoms with Crippen LogP contribution in [0.1, 0.15) is 31.2 Å². The van der Waals surface area contributed by atoms with Crippen molar-refractivity contribution in [3.05, 3.63) is 94.7 Å². The molecular formula is C29H29N3O4S. The van der Waals surface area contributed by atoms with Crippen LogP contribution in [0.4, 0.5) is 11.4 Å². The smallest absolute Gasteiger partial charge is 0.271 e. The molecule has 0 radical (unpaired) electrons. The number of para-hydroxylation sites is 1. The number of H-pyrrole nitrogens is 1. The van der Waals surface area contributed by atoms with E-state index in [9.17, 15) is 18.3 Å². The zero-order valence-corrected chi connectivity index (χ0v) is 21.6. The molecule has 37 heavy (non-hydrogen) atoms. The highest BCUT2D eigenvalue weighted by atomic mass is 32.2. The first kappa shape index (κ1) is 24.8. The van der Waals surface area contributed by atoms with Crippen molar-refractivity contribution in [2.45, 2.75) is 42.9 Å². The van der Waals surface area contributed by atoms with Crippen molar-refractivity contribution in [2.75, 3.05) is 11.4 Å². The molecule has 1 aliphatic carbocycles. The minimum Gasteiger partial charge on any atom is -0.504 e. The van der Waals surface area contributed by atoms with Crippen LogP contribution in [0, 0.1) is 12.8 Å². The van der Waals surface area contributed by atoms with Gasteiger partial charge in [0.05, 0.1) is 4.90 Å². The summed E-state index contributed by atoms with van der Waals surface area (Å²) in [7, 11) is -4.32. The fraction of sp³-hybridized carbons (Fsp3) is 0.241. The van der Waals surface area contributed by atoms with Crippen LogP contribution in [-0.4, -0.2) is 30.0 Å². The maximum absolute atomic E-state index is 13.7. The number of pyridine rings is 2. The second-order valence-corrected chi connectivity index (χ2v) is 11.2. The number of benzene rings is 2. The highest BCUT2D eigenvalue weighted by molar-refractivity contribution is 7.91. The van der Waals surface area contributed by atoms with E-state index >= 15 is 0 Å². The zero-order chi connectivity index (χ0) is 26.2. The normalized spacial score (nSPS) is 13.5. The van der Waals surface area contributed by atoms with E-state index in [4.69, 9.17) is 0 Å². The van der Waals surface area contributed by atoms with Gasteiger partial charge in [-0.15, -0.1) is 0 Å². The van der Waals surface area contributed by atoms with Crippen molar-refractivity contribution < 1.29 is 13.5 Å². The summed E-state index contributed by atoms with van der Waals surface area (Å²) in [6.07, 6.45) is 4.36. The third kappa shape index (κ3) is 4.76. The summed E-state index contributed by atoms with van der Waals surface area (Å²) in [6, 6.07) is 19.5. The number of aryl methyl sites for hydroxylation is 1. The monoisotopic (exact) mass is 515 g/mol. The Labute approximate surface area is 216 Å². The number of hydrogen-bond acceptors (Lipinski definition) is 6. The molecule has 1 saturated carbocycles. The van der Waals surface area contributed by atoms with Crippen molar-refractivity contribution in [2.24, 2.45) is 5.92 Å². The van der Waals surface area contributed by atoms with Crippen molar-refractivity contribution >= 4 is 21.2 Å².